The molecule has 0 unspecified atom stereocenters. The third kappa shape index (κ3) is 5.34. The maximum atomic E-state index is 11.3. The topological polar surface area (TPSA) is 73.9 Å². The van der Waals surface area contributed by atoms with Crippen LogP contribution in [0.25, 0.3) is 0 Å². The highest BCUT2D eigenvalue weighted by Crippen LogP contribution is 2.15. The van der Waals surface area contributed by atoms with E-state index >= 15 is 0 Å². The molecule has 0 aliphatic rings. The second kappa shape index (κ2) is 7.90. The number of hydroxylamine groups is 1. The van der Waals surface area contributed by atoms with Crippen molar-refractivity contribution in [1.82, 2.24) is 5.48 Å². The molecule has 0 saturated carbocycles. The van der Waals surface area contributed by atoms with Crippen LogP contribution in [0.4, 0.5) is 9.59 Å². The van der Waals surface area contributed by atoms with Gasteiger partial charge in [-0.25, -0.2) is 9.59 Å². The van der Waals surface area contributed by atoms with Crippen molar-refractivity contribution >= 4 is 23.8 Å². The van der Waals surface area contributed by atoms with Gasteiger partial charge in [-0.3, -0.25) is 0 Å². The number of carbonyl (C=O) groups is 2. The van der Waals surface area contributed by atoms with Gasteiger partial charge in [0.05, 0.1) is 0 Å². The number of rotatable bonds is 3. The fourth-order valence-electron chi connectivity index (χ4n) is 1.46. The van der Waals surface area contributed by atoms with Crippen LogP contribution in [0.3, 0.4) is 0 Å². The van der Waals surface area contributed by atoms with Crippen LogP contribution in [0.15, 0.2) is 54.6 Å². The average molecular weight is 322 g/mol. The first-order valence-electron chi connectivity index (χ1n) is 6.24. The summed E-state index contributed by atoms with van der Waals surface area (Å²) in [7, 11) is 0. The number of halogens is 1. The van der Waals surface area contributed by atoms with Gasteiger partial charge in [0.2, 0.25) is 0 Å². The fraction of sp³-hybridized carbons (Fsp3) is 0.0667. The van der Waals surface area contributed by atoms with Gasteiger partial charge in [0.1, 0.15) is 12.4 Å². The van der Waals surface area contributed by atoms with Crippen LogP contribution in [0.2, 0.25) is 5.02 Å². The van der Waals surface area contributed by atoms with Crippen molar-refractivity contribution in [3.63, 3.8) is 0 Å². The summed E-state index contributed by atoms with van der Waals surface area (Å²) in [5.41, 5.74) is 2.63. The van der Waals surface area contributed by atoms with Gasteiger partial charge in [0.25, 0.3) is 0 Å². The van der Waals surface area contributed by atoms with E-state index in [1.54, 1.807) is 24.3 Å². The smallest absolute Gasteiger partial charge is 0.443 e. The lowest BCUT2D eigenvalue weighted by Crippen LogP contribution is -2.29. The van der Waals surface area contributed by atoms with Crippen LogP contribution < -0.4 is 10.2 Å². The predicted molar refractivity (Wildman–Crippen MR) is 78.3 cm³/mol. The first-order valence-corrected chi connectivity index (χ1v) is 6.62. The Morgan fingerprint density at radius 3 is 2.36 bits per heavy atom. The molecule has 22 heavy (non-hydrogen) atoms. The Labute approximate surface area is 131 Å². The molecule has 0 aliphatic heterocycles. The van der Waals surface area contributed by atoms with Gasteiger partial charge in [0.15, 0.2) is 0 Å². The Morgan fingerprint density at radius 2 is 1.68 bits per heavy atom. The van der Waals surface area contributed by atoms with Crippen molar-refractivity contribution in [2.45, 2.75) is 6.61 Å². The number of ether oxygens (including phenoxy) is 2. The molecule has 0 fully saturated rings. The zero-order valence-electron chi connectivity index (χ0n) is 11.3. The number of nitrogens with one attached hydrogen (secondary N) is 1. The molecule has 0 aliphatic carbocycles. The van der Waals surface area contributed by atoms with Gasteiger partial charge in [0, 0.05) is 5.02 Å². The molecule has 0 radical (unpaired) electrons. The van der Waals surface area contributed by atoms with Gasteiger partial charge < -0.3 is 14.3 Å². The summed E-state index contributed by atoms with van der Waals surface area (Å²) >= 11 is 5.69. The first kappa shape index (κ1) is 15.7. The van der Waals surface area contributed by atoms with E-state index in [2.05, 4.69) is 4.84 Å². The van der Waals surface area contributed by atoms with Gasteiger partial charge in [-0.05, 0) is 29.8 Å². The molecule has 2 aromatic rings. The Balaban J connectivity index is 1.69. The third-order valence-corrected chi connectivity index (χ3v) is 2.70. The summed E-state index contributed by atoms with van der Waals surface area (Å²) in [4.78, 5) is 27.1. The standard InChI is InChI=1S/C15H12ClNO5/c16-12-6-8-13(9-7-12)21-15(19)22-17-14(18)20-10-11-4-2-1-3-5-11/h1-9H,10H2,(H,17,18). The van der Waals surface area contributed by atoms with Crippen LogP contribution in [-0.2, 0) is 16.2 Å². The van der Waals surface area contributed by atoms with Gasteiger partial charge in [-0.2, -0.15) is 0 Å². The second-order valence-electron chi connectivity index (χ2n) is 4.07. The summed E-state index contributed by atoms with van der Waals surface area (Å²) in [5.74, 6) is 0.230. The van der Waals surface area contributed by atoms with Crippen LogP contribution >= 0.6 is 11.6 Å². The Hall–Kier alpha value is -2.73. The lowest BCUT2D eigenvalue weighted by molar-refractivity contribution is 0.0363. The maximum absolute atomic E-state index is 11.3. The minimum absolute atomic E-state index is 0.0578. The summed E-state index contributed by atoms with van der Waals surface area (Å²) in [6, 6.07) is 15.1. The molecule has 0 saturated heterocycles. The van der Waals surface area contributed by atoms with Crippen molar-refractivity contribution in [3.05, 3.63) is 65.2 Å². The molecule has 2 rings (SSSR count). The van der Waals surface area contributed by atoms with E-state index in [1.165, 1.54) is 12.1 Å². The Kier molecular flexibility index (Phi) is 5.62. The van der Waals surface area contributed by atoms with E-state index in [9.17, 15) is 9.59 Å². The second-order valence-corrected chi connectivity index (χ2v) is 4.51. The van der Waals surface area contributed by atoms with E-state index in [-0.39, 0.29) is 12.4 Å². The van der Waals surface area contributed by atoms with Gasteiger partial charge >= 0.3 is 12.2 Å². The summed E-state index contributed by atoms with van der Waals surface area (Å²) in [6.07, 6.45) is -2.00. The highest BCUT2D eigenvalue weighted by atomic mass is 35.5. The molecule has 0 atom stereocenters. The van der Waals surface area contributed by atoms with E-state index in [0.717, 1.165) is 5.56 Å². The number of benzene rings is 2. The molecule has 0 aromatic heterocycles. The van der Waals surface area contributed by atoms with Gasteiger partial charge in [-0.15, -0.1) is 5.48 Å². The quantitative estimate of drug-likeness (QED) is 0.530. The molecule has 0 bridgehead atoms. The third-order valence-electron chi connectivity index (χ3n) is 2.45. The zero-order valence-corrected chi connectivity index (χ0v) is 12.1. The van der Waals surface area contributed by atoms with E-state index < -0.39 is 12.2 Å². The lowest BCUT2D eigenvalue weighted by Gasteiger charge is -2.07. The van der Waals surface area contributed by atoms with Gasteiger partial charge in [-0.1, -0.05) is 41.9 Å². The van der Waals surface area contributed by atoms with Crippen molar-refractivity contribution in [2.24, 2.45) is 0 Å². The first-order chi connectivity index (χ1) is 10.6. The lowest BCUT2D eigenvalue weighted by atomic mass is 10.2. The molecule has 1 amide bonds. The molecule has 114 valence electrons. The number of amides is 1. The van der Waals surface area contributed by atoms with Crippen molar-refractivity contribution in [3.8, 4) is 5.75 Å². The highest BCUT2D eigenvalue weighted by Gasteiger charge is 2.10. The van der Waals surface area contributed by atoms with Crippen molar-refractivity contribution in [2.75, 3.05) is 0 Å². The number of carbonyl (C=O) groups excluding carboxylic acids is 2. The molecular formula is C15H12ClNO5. The van der Waals surface area contributed by atoms with Crippen molar-refractivity contribution < 1.29 is 23.9 Å². The minimum Gasteiger partial charge on any atom is -0.443 e. The molecule has 7 heteroatoms. The van der Waals surface area contributed by atoms with E-state index in [1.807, 2.05) is 23.7 Å². The number of hydrogen-bond donors (Lipinski definition) is 1. The van der Waals surface area contributed by atoms with E-state index in [0.29, 0.717) is 5.02 Å². The highest BCUT2D eigenvalue weighted by molar-refractivity contribution is 6.30. The van der Waals surface area contributed by atoms with E-state index in [4.69, 9.17) is 21.1 Å². The largest absolute Gasteiger partial charge is 0.539 e. The number of hydrogen-bond acceptors (Lipinski definition) is 5. The van der Waals surface area contributed by atoms with Crippen LogP contribution in [0.5, 0.6) is 5.75 Å². The minimum atomic E-state index is -1.10. The summed E-state index contributed by atoms with van der Waals surface area (Å²) < 4.78 is 9.64. The maximum Gasteiger partial charge on any atom is 0.539 e. The molecular weight excluding hydrogens is 310 g/mol. The van der Waals surface area contributed by atoms with Crippen LogP contribution in [0, 0.1) is 0 Å². The summed E-state index contributed by atoms with van der Waals surface area (Å²) in [5, 5.41) is 0.503. The van der Waals surface area contributed by atoms with Crippen LogP contribution in [-0.4, -0.2) is 12.2 Å². The van der Waals surface area contributed by atoms with Crippen LogP contribution in [0.1, 0.15) is 5.56 Å². The molecule has 0 heterocycles. The SMILES string of the molecule is O=C(NOC(=O)Oc1ccc(Cl)cc1)OCc1ccccc1. The Bertz CT molecular complexity index is 630. The molecule has 0 spiro atoms. The zero-order chi connectivity index (χ0) is 15.8. The summed E-state index contributed by atoms with van der Waals surface area (Å²) in [6.45, 7) is 0.0578. The molecule has 6 nitrogen and oxygen atoms in total. The molecule has 1 N–H and O–H groups in total. The average Bonchev–Trinajstić information content (AvgIpc) is 2.54. The normalized spacial score (nSPS) is 9.68. The van der Waals surface area contributed by atoms with Crippen molar-refractivity contribution in [1.29, 1.82) is 0 Å². The fourth-order valence-corrected chi connectivity index (χ4v) is 1.58. The predicted octanol–water partition coefficient (Wildman–Crippen LogP) is 3.70. The molecule has 2 aromatic carbocycles. The monoisotopic (exact) mass is 321 g/mol. The Morgan fingerprint density at radius 1 is 1.00 bits per heavy atom.